The molecule has 1 fully saturated rings. The Morgan fingerprint density at radius 3 is 2.67 bits per heavy atom. The van der Waals surface area contributed by atoms with Crippen molar-refractivity contribution in [3.63, 3.8) is 0 Å². The van der Waals surface area contributed by atoms with E-state index < -0.39 is 0 Å². The van der Waals surface area contributed by atoms with Crippen molar-refractivity contribution in [1.82, 2.24) is 14.7 Å². The minimum absolute atomic E-state index is 0.363. The van der Waals surface area contributed by atoms with Gasteiger partial charge in [-0.3, -0.25) is 9.58 Å². The van der Waals surface area contributed by atoms with Gasteiger partial charge in [-0.05, 0) is 20.3 Å². The van der Waals surface area contributed by atoms with Crippen LogP contribution in [0.5, 0.6) is 0 Å². The van der Waals surface area contributed by atoms with E-state index in [0.717, 1.165) is 31.7 Å². The van der Waals surface area contributed by atoms with Crippen molar-refractivity contribution >= 4 is 0 Å². The minimum atomic E-state index is 0.363. The van der Waals surface area contributed by atoms with Crippen LogP contribution < -0.4 is 5.73 Å². The standard InChI is InChI=1S/C11H20N4/c1-8-11(9(2)14(3)13-8)7-15-5-4-10(12)6-15/h10H,4-7,12H2,1-3H3/t10-/m1/s1. The Balaban J connectivity index is 2.10. The van der Waals surface area contributed by atoms with Crippen LogP contribution in [0.3, 0.4) is 0 Å². The summed E-state index contributed by atoms with van der Waals surface area (Å²) in [5.74, 6) is 0. The summed E-state index contributed by atoms with van der Waals surface area (Å²) in [5.41, 5.74) is 9.68. The number of nitrogens with two attached hydrogens (primary N) is 1. The smallest absolute Gasteiger partial charge is 0.0641 e. The first-order valence-electron chi connectivity index (χ1n) is 5.55. The van der Waals surface area contributed by atoms with Crippen molar-refractivity contribution in [1.29, 1.82) is 0 Å². The molecule has 1 aliphatic rings. The van der Waals surface area contributed by atoms with Crippen LogP contribution in [0.15, 0.2) is 0 Å². The summed E-state index contributed by atoms with van der Waals surface area (Å²) in [5, 5.41) is 4.43. The number of aromatic nitrogens is 2. The van der Waals surface area contributed by atoms with Crippen molar-refractivity contribution in [3.8, 4) is 0 Å². The van der Waals surface area contributed by atoms with Crippen LogP contribution in [-0.4, -0.2) is 33.8 Å². The van der Waals surface area contributed by atoms with Crippen LogP contribution >= 0.6 is 0 Å². The number of nitrogens with zero attached hydrogens (tertiary/aromatic N) is 3. The van der Waals surface area contributed by atoms with Gasteiger partial charge in [0.05, 0.1) is 5.69 Å². The second-order valence-corrected chi connectivity index (χ2v) is 4.56. The highest BCUT2D eigenvalue weighted by Crippen LogP contribution is 2.17. The molecule has 0 spiro atoms. The average molecular weight is 208 g/mol. The summed E-state index contributed by atoms with van der Waals surface area (Å²) < 4.78 is 1.96. The van der Waals surface area contributed by atoms with Crippen LogP contribution in [0.2, 0.25) is 0 Å². The highest BCUT2D eigenvalue weighted by atomic mass is 15.3. The molecule has 0 amide bonds. The minimum Gasteiger partial charge on any atom is -0.326 e. The average Bonchev–Trinajstić information content (AvgIpc) is 2.67. The Labute approximate surface area is 91.1 Å². The molecule has 1 saturated heterocycles. The number of rotatable bonds is 2. The normalized spacial score (nSPS) is 22.5. The molecule has 0 bridgehead atoms. The molecule has 1 aromatic rings. The van der Waals surface area contributed by atoms with Crippen molar-refractivity contribution < 1.29 is 0 Å². The van der Waals surface area contributed by atoms with Gasteiger partial charge in [-0.15, -0.1) is 0 Å². The van der Waals surface area contributed by atoms with E-state index in [2.05, 4.69) is 23.8 Å². The fourth-order valence-electron chi connectivity index (χ4n) is 2.28. The largest absolute Gasteiger partial charge is 0.326 e. The summed E-state index contributed by atoms with van der Waals surface area (Å²) >= 11 is 0. The molecule has 0 aliphatic carbocycles. The molecule has 15 heavy (non-hydrogen) atoms. The van der Waals surface area contributed by atoms with Crippen molar-refractivity contribution in [2.45, 2.75) is 32.9 Å². The van der Waals surface area contributed by atoms with E-state index in [1.165, 1.54) is 11.3 Å². The number of likely N-dealkylation sites (tertiary alicyclic amines) is 1. The third-order valence-corrected chi connectivity index (χ3v) is 3.35. The molecule has 4 heteroatoms. The van der Waals surface area contributed by atoms with Crippen LogP contribution in [-0.2, 0) is 13.6 Å². The molecular weight excluding hydrogens is 188 g/mol. The molecule has 0 radical (unpaired) electrons. The molecule has 2 heterocycles. The van der Waals surface area contributed by atoms with E-state index >= 15 is 0 Å². The number of hydrogen-bond donors (Lipinski definition) is 1. The molecule has 4 nitrogen and oxygen atoms in total. The molecule has 1 aromatic heterocycles. The van der Waals surface area contributed by atoms with Crippen LogP contribution in [0.25, 0.3) is 0 Å². The maximum atomic E-state index is 5.90. The zero-order chi connectivity index (χ0) is 11.0. The SMILES string of the molecule is Cc1nn(C)c(C)c1CN1CC[C@@H](N)C1. The second-order valence-electron chi connectivity index (χ2n) is 4.56. The van der Waals surface area contributed by atoms with Crippen molar-refractivity contribution in [2.75, 3.05) is 13.1 Å². The van der Waals surface area contributed by atoms with Crippen LogP contribution in [0.1, 0.15) is 23.4 Å². The van der Waals surface area contributed by atoms with E-state index in [4.69, 9.17) is 5.73 Å². The zero-order valence-electron chi connectivity index (χ0n) is 9.82. The highest BCUT2D eigenvalue weighted by molar-refractivity contribution is 5.24. The molecule has 84 valence electrons. The van der Waals surface area contributed by atoms with Gasteiger partial charge in [0, 0.05) is 44.0 Å². The summed E-state index contributed by atoms with van der Waals surface area (Å²) in [6, 6.07) is 0.363. The highest BCUT2D eigenvalue weighted by Gasteiger charge is 2.21. The molecule has 2 N–H and O–H groups in total. The number of aryl methyl sites for hydroxylation is 2. The maximum Gasteiger partial charge on any atom is 0.0641 e. The Morgan fingerprint density at radius 1 is 1.47 bits per heavy atom. The van der Waals surface area contributed by atoms with Crippen LogP contribution in [0.4, 0.5) is 0 Å². The lowest BCUT2D eigenvalue weighted by Crippen LogP contribution is -2.26. The Hall–Kier alpha value is -0.870. The first-order chi connectivity index (χ1) is 7.08. The van der Waals surface area contributed by atoms with E-state index in [1.54, 1.807) is 0 Å². The van der Waals surface area contributed by atoms with Gasteiger partial charge in [0.15, 0.2) is 0 Å². The number of hydrogen-bond acceptors (Lipinski definition) is 3. The molecule has 0 aromatic carbocycles. The van der Waals surface area contributed by atoms with E-state index in [0.29, 0.717) is 6.04 Å². The van der Waals surface area contributed by atoms with Crippen molar-refractivity contribution in [2.24, 2.45) is 12.8 Å². The summed E-state index contributed by atoms with van der Waals surface area (Å²) in [4.78, 5) is 2.42. The monoisotopic (exact) mass is 208 g/mol. The predicted molar refractivity (Wildman–Crippen MR) is 60.6 cm³/mol. The third kappa shape index (κ3) is 2.06. The van der Waals surface area contributed by atoms with Gasteiger partial charge in [-0.1, -0.05) is 0 Å². The molecule has 0 unspecified atom stereocenters. The first-order valence-corrected chi connectivity index (χ1v) is 5.55. The molecule has 1 aliphatic heterocycles. The van der Waals surface area contributed by atoms with E-state index in [9.17, 15) is 0 Å². The third-order valence-electron chi connectivity index (χ3n) is 3.35. The van der Waals surface area contributed by atoms with Gasteiger partial charge in [0.25, 0.3) is 0 Å². The lowest BCUT2D eigenvalue weighted by Gasteiger charge is -2.15. The zero-order valence-corrected chi connectivity index (χ0v) is 9.82. The summed E-state index contributed by atoms with van der Waals surface area (Å²) in [6.07, 6.45) is 1.12. The van der Waals surface area contributed by atoms with Gasteiger partial charge in [-0.2, -0.15) is 5.10 Å². The van der Waals surface area contributed by atoms with Gasteiger partial charge < -0.3 is 5.73 Å². The maximum absolute atomic E-state index is 5.90. The Bertz CT molecular complexity index is 356. The molecule has 0 saturated carbocycles. The Kier molecular flexibility index (Phi) is 2.80. The summed E-state index contributed by atoms with van der Waals surface area (Å²) in [7, 11) is 2.00. The lowest BCUT2D eigenvalue weighted by molar-refractivity contribution is 0.325. The topological polar surface area (TPSA) is 47.1 Å². The van der Waals surface area contributed by atoms with E-state index in [-0.39, 0.29) is 0 Å². The van der Waals surface area contributed by atoms with Crippen LogP contribution in [0, 0.1) is 13.8 Å². The lowest BCUT2D eigenvalue weighted by atomic mass is 10.2. The second kappa shape index (κ2) is 3.94. The van der Waals surface area contributed by atoms with Gasteiger partial charge in [-0.25, -0.2) is 0 Å². The summed E-state index contributed by atoms with van der Waals surface area (Å²) in [6.45, 7) is 7.35. The van der Waals surface area contributed by atoms with Gasteiger partial charge >= 0.3 is 0 Å². The molecular formula is C11H20N4. The fraction of sp³-hybridized carbons (Fsp3) is 0.727. The van der Waals surface area contributed by atoms with E-state index in [1.807, 2.05) is 11.7 Å². The first kappa shape index (κ1) is 10.6. The van der Waals surface area contributed by atoms with Gasteiger partial charge in [0.2, 0.25) is 0 Å². The van der Waals surface area contributed by atoms with Crippen molar-refractivity contribution in [3.05, 3.63) is 17.0 Å². The van der Waals surface area contributed by atoms with Gasteiger partial charge in [0.1, 0.15) is 0 Å². The Morgan fingerprint density at radius 2 is 2.20 bits per heavy atom. The fourth-order valence-corrected chi connectivity index (χ4v) is 2.28. The molecule has 1 atom stereocenters. The predicted octanol–water partition coefficient (Wildman–Crippen LogP) is 0.570. The molecule has 2 rings (SSSR count). The quantitative estimate of drug-likeness (QED) is 0.773.